The molecule has 0 saturated carbocycles. The molecule has 1 aromatic heterocycles. The van der Waals surface area contributed by atoms with Gasteiger partial charge >= 0.3 is 5.97 Å². The monoisotopic (exact) mass is 243 g/mol. The molecule has 2 rings (SSSR count). The molecule has 0 aliphatic heterocycles. The number of fused-ring (bicyclic) bond motifs is 1. The van der Waals surface area contributed by atoms with E-state index >= 15 is 0 Å². The van der Waals surface area contributed by atoms with Gasteiger partial charge in [-0.1, -0.05) is 11.6 Å². The summed E-state index contributed by atoms with van der Waals surface area (Å²) in [6.45, 7) is 4.14. The van der Waals surface area contributed by atoms with Crippen LogP contribution in [0.15, 0.2) is 24.4 Å². The van der Waals surface area contributed by atoms with Crippen molar-refractivity contribution in [3.8, 4) is 0 Å². The number of pyridine rings is 1. The first-order valence-electron chi connectivity index (χ1n) is 6.03. The SMILES string of the molecule is COC(=O)CCc1cc(C)cc2c(C)ccnc12. The average Bonchev–Trinajstić information content (AvgIpc) is 2.36. The van der Waals surface area contributed by atoms with E-state index in [4.69, 9.17) is 0 Å². The molecule has 0 bridgehead atoms. The second-order valence-corrected chi connectivity index (χ2v) is 4.52. The molecule has 0 saturated heterocycles. The highest BCUT2D eigenvalue weighted by Crippen LogP contribution is 2.23. The normalized spacial score (nSPS) is 10.6. The van der Waals surface area contributed by atoms with Crippen LogP contribution in [0.25, 0.3) is 10.9 Å². The molecular weight excluding hydrogens is 226 g/mol. The summed E-state index contributed by atoms with van der Waals surface area (Å²) in [5, 5.41) is 1.16. The van der Waals surface area contributed by atoms with Crippen LogP contribution >= 0.6 is 0 Å². The zero-order valence-electron chi connectivity index (χ0n) is 11.0. The second-order valence-electron chi connectivity index (χ2n) is 4.52. The van der Waals surface area contributed by atoms with E-state index < -0.39 is 0 Å². The highest BCUT2D eigenvalue weighted by Gasteiger charge is 2.08. The van der Waals surface area contributed by atoms with Crippen molar-refractivity contribution < 1.29 is 9.53 Å². The Labute approximate surface area is 107 Å². The van der Waals surface area contributed by atoms with Crippen molar-refractivity contribution in [2.24, 2.45) is 0 Å². The lowest BCUT2D eigenvalue weighted by atomic mass is 10.00. The van der Waals surface area contributed by atoms with E-state index in [0.717, 1.165) is 16.5 Å². The Hall–Kier alpha value is -1.90. The van der Waals surface area contributed by atoms with Gasteiger partial charge in [-0.15, -0.1) is 0 Å². The van der Waals surface area contributed by atoms with Crippen LogP contribution in [0.4, 0.5) is 0 Å². The number of rotatable bonds is 3. The smallest absolute Gasteiger partial charge is 0.305 e. The van der Waals surface area contributed by atoms with E-state index in [2.05, 4.69) is 35.7 Å². The highest BCUT2D eigenvalue weighted by molar-refractivity contribution is 5.86. The van der Waals surface area contributed by atoms with Crippen LogP contribution in [0.5, 0.6) is 0 Å². The predicted molar refractivity (Wildman–Crippen MR) is 71.6 cm³/mol. The quantitative estimate of drug-likeness (QED) is 0.778. The summed E-state index contributed by atoms with van der Waals surface area (Å²) >= 11 is 0. The number of carbonyl (C=O) groups is 1. The minimum atomic E-state index is -0.183. The summed E-state index contributed by atoms with van der Waals surface area (Å²) in [5.41, 5.74) is 4.50. The fourth-order valence-corrected chi connectivity index (χ4v) is 2.15. The Morgan fingerprint density at radius 1 is 1.33 bits per heavy atom. The maximum absolute atomic E-state index is 11.2. The Morgan fingerprint density at radius 3 is 2.83 bits per heavy atom. The number of carbonyl (C=O) groups excluding carboxylic acids is 1. The lowest BCUT2D eigenvalue weighted by Gasteiger charge is -2.09. The summed E-state index contributed by atoms with van der Waals surface area (Å²) in [4.78, 5) is 15.7. The number of aromatic nitrogens is 1. The molecule has 0 aliphatic rings. The third-order valence-electron chi connectivity index (χ3n) is 3.11. The summed E-state index contributed by atoms with van der Waals surface area (Å²) < 4.78 is 4.68. The molecule has 0 radical (unpaired) electrons. The molecule has 0 N–H and O–H groups in total. The Morgan fingerprint density at radius 2 is 2.11 bits per heavy atom. The highest BCUT2D eigenvalue weighted by atomic mass is 16.5. The number of benzene rings is 1. The molecule has 1 aromatic carbocycles. The third-order valence-corrected chi connectivity index (χ3v) is 3.11. The van der Waals surface area contributed by atoms with Gasteiger partial charge in [0.1, 0.15) is 0 Å². The fourth-order valence-electron chi connectivity index (χ4n) is 2.15. The van der Waals surface area contributed by atoms with Crippen molar-refractivity contribution in [3.63, 3.8) is 0 Å². The minimum absolute atomic E-state index is 0.183. The number of hydrogen-bond donors (Lipinski definition) is 0. The standard InChI is InChI=1S/C15H17NO2/c1-10-8-12(4-5-14(17)18-3)15-13(9-10)11(2)6-7-16-15/h6-9H,4-5H2,1-3H3. The lowest BCUT2D eigenvalue weighted by Crippen LogP contribution is -2.03. The van der Waals surface area contributed by atoms with Crippen molar-refractivity contribution in [2.75, 3.05) is 7.11 Å². The average molecular weight is 243 g/mol. The predicted octanol–water partition coefficient (Wildman–Crippen LogP) is 2.96. The molecule has 0 amide bonds. The zero-order chi connectivity index (χ0) is 13.1. The van der Waals surface area contributed by atoms with Crippen molar-refractivity contribution in [2.45, 2.75) is 26.7 Å². The molecule has 1 heterocycles. The van der Waals surface area contributed by atoms with E-state index in [9.17, 15) is 4.79 Å². The van der Waals surface area contributed by atoms with Crippen LogP contribution in [0.3, 0.4) is 0 Å². The molecule has 3 heteroatoms. The van der Waals surface area contributed by atoms with Gasteiger partial charge in [-0.3, -0.25) is 9.78 Å². The Kier molecular flexibility index (Phi) is 3.60. The van der Waals surface area contributed by atoms with Crippen LogP contribution in [-0.4, -0.2) is 18.1 Å². The van der Waals surface area contributed by atoms with Crippen molar-refractivity contribution >= 4 is 16.9 Å². The first kappa shape index (κ1) is 12.6. The molecule has 94 valence electrons. The number of aryl methyl sites for hydroxylation is 3. The number of methoxy groups -OCH3 is 1. The van der Waals surface area contributed by atoms with Crippen LogP contribution in [0.1, 0.15) is 23.1 Å². The van der Waals surface area contributed by atoms with Gasteiger partial charge in [0, 0.05) is 18.0 Å². The van der Waals surface area contributed by atoms with Gasteiger partial charge in [0.05, 0.1) is 12.6 Å². The molecule has 0 unspecified atom stereocenters. The van der Waals surface area contributed by atoms with Gasteiger partial charge in [-0.25, -0.2) is 0 Å². The summed E-state index contributed by atoms with van der Waals surface area (Å²) in [6.07, 6.45) is 2.88. The van der Waals surface area contributed by atoms with Crippen LogP contribution in [-0.2, 0) is 16.0 Å². The van der Waals surface area contributed by atoms with Gasteiger partial charge in [0.2, 0.25) is 0 Å². The van der Waals surface area contributed by atoms with Crippen LogP contribution in [0.2, 0.25) is 0 Å². The zero-order valence-corrected chi connectivity index (χ0v) is 11.0. The van der Waals surface area contributed by atoms with E-state index in [1.165, 1.54) is 18.2 Å². The van der Waals surface area contributed by atoms with Crippen LogP contribution in [0, 0.1) is 13.8 Å². The molecule has 0 fully saturated rings. The summed E-state index contributed by atoms with van der Waals surface area (Å²) in [6, 6.07) is 6.24. The van der Waals surface area contributed by atoms with E-state index in [0.29, 0.717) is 12.8 Å². The first-order valence-corrected chi connectivity index (χ1v) is 6.03. The number of nitrogens with zero attached hydrogens (tertiary/aromatic N) is 1. The fraction of sp³-hybridized carbons (Fsp3) is 0.333. The second kappa shape index (κ2) is 5.17. The Balaban J connectivity index is 2.43. The van der Waals surface area contributed by atoms with Crippen molar-refractivity contribution in [3.05, 3.63) is 41.1 Å². The first-order chi connectivity index (χ1) is 8.61. The third kappa shape index (κ3) is 2.50. The van der Waals surface area contributed by atoms with Gasteiger partial charge in [0.15, 0.2) is 0 Å². The molecule has 0 aliphatic carbocycles. The minimum Gasteiger partial charge on any atom is -0.469 e. The summed E-state index contributed by atoms with van der Waals surface area (Å²) in [5.74, 6) is -0.183. The van der Waals surface area contributed by atoms with Crippen molar-refractivity contribution in [1.29, 1.82) is 0 Å². The molecule has 18 heavy (non-hydrogen) atoms. The molecular formula is C15H17NO2. The van der Waals surface area contributed by atoms with Gasteiger partial charge in [-0.2, -0.15) is 0 Å². The maximum Gasteiger partial charge on any atom is 0.305 e. The van der Waals surface area contributed by atoms with E-state index in [1.807, 2.05) is 12.3 Å². The van der Waals surface area contributed by atoms with Gasteiger partial charge in [0.25, 0.3) is 0 Å². The largest absolute Gasteiger partial charge is 0.469 e. The topological polar surface area (TPSA) is 39.2 Å². The molecule has 0 atom stereocenters. The van der Waals surface area contributed by atoms with Crippen molar-refractivity contribution in [1.82, 2.24) is 4.98 Å². The molecule has 0 spiro atoms. The van der Waals surface area contributed by atoms with Gasteiger partial charge < -0.3 is 4.74 Å². The summed E-state index contributed by atoms with van der Waals surface area (Å²) in [7, 11) is 1.42. The van der Waals surface area contributed by atoms with E-state index in [1.54, 1.807) is 0 Å². The number of esters is 1. The van der Waals surface area contributed by atoms with Crippen LogP contribution < -0.4 is 0 Å². The Bertz CT molecular complexity index is 590. The molecule has 3 nitrogen and oxygen atoms in total. The maximum atomic E-state index is 11.2. The number of hydrogen-bond acceptors (Lipinski definition) is 3. The lowest BCUT2D eigenvalue weighted by molar-refractivity contribution is -0.140. The molecule has 2 aromatic rings. The van der Waals surface area contributed by atoms with Gasteiger partial charge in [-0.05, 0) is 43.5 Å². The van der Waals surface area contributed by atoms with E-state index in [-0.39, 0.29) is 5.97 Å². The number of ether oxygens (including phenoxy) is 1.